The van der Waals surface area contributed by atoms with E-state index in [1.165, 1.54) is 0 Å². The predicted octanol–water partition coefficient (Wildman–Crippen LogP) is 1.53. The van der Waals surface area contributed by atoms with Gasteiger partial charge in [-0.1, -0.05) is 30.3 Å². The van der Waals surface area contributed by atoms with Crippen LogP contribution in [0.4, 0.5) is 0 Å². The molecule has 1 heterocycles. The smallest absolute Gasteiger partial charge is 0.234 e. The van der Waals surface area contributed by atoms with E-state index in [1.54, 1.807) is 0 Å². The largest absolute Gasteiger partial charge is 0.348 e. The van der Waals surface area contributed by atoms with Gasteiger partial charge < -0.3 is 11.1 Å². The molecular formula is C16H25N3O. The summed E-state index contributed by atoms with van der Waals surface area (Å²) in [7, 11) is 0. The van der Waals surface area contributed by atoms with Crippen LogP contribution in [0.5, 0.6) is 0 Å². The van der Waals surface area contributed by atoms with Crippen molar-refractivity contribution in [3.63, 3.8) is 0 Å². The number of rotatable bonds is 5. The molecule has 1 aromatic carbocycles. The number of carbonyl (C=O) groups excluding carboxylic acids is 1. The highest BCUT2D eigenvalue weighted by molar-refractivity contribution is 5.78. The Morgan fingerprint density at radius 3 is 2.70 bits per heavy atom. The van der Waals surface area contributed by atoms with Crippen molar-refractivity contribution in [1.29, 1.82) is 0 Å². The van der Waals surface area contributed by atoms with Crippen LogP contribution in [0.2, 0.25) is 0 Å². The minimum absolute atomic E-state index is 0.0514. The maximum Gasteiger partial charge on any atom is 0.234 e. The average Bonchev–Trinajstić information content (AvgIpc) is 2.88. The van der Waals surface area contributed by atoms with Crippen LogP contribution in [-0.2, 0) is 4.79 Å². The molecule has 1 saturated heterocycles. The number of nitrogens with one attached hydrogen (secondary N) is 1. The van der Waals surface area contributed by atoms with Crippen LogP contribution < -0.4 is 11.1 Å². The summed E-state index contributed by atoms with van der Waals surface area (Å²) in [5.41, 5.74) is 7.06. The molecule has 2 rings (SSSR count). The van der Waals surface area contributed by atoms with Gasteiger partial charge in [0.05, 0.1) is 12.6 Å². The Hall–Kier alpha value is -1.39. The fourth-order valence-corrected chi connectivity index (χ4v) is 2.75. The molecule has 1 aromatic rings. The normalized spacial score (nSPS) is 22.4. The molecule has 3 N–H and O–H groups in total. The Morgan fingerprint density at radius 1 is 1.40 bits per heavy atom. The molecular weight excluding hydrogens is 250 g/mol. The number of benzene rings is 1. The Labute approximate surface area is 121 Å². The third kappa shape index (κ3) is 4.05. The number of nitrogens with two attached hydrogens (primary N) is 1. The van der Waals surface area contributed by atoms with Gasteiger partial charge in [0, 0.05) is 12.6 Å². The van der Waals surface area contributed by atoms with Gasteiger partial charge in [-0.2, -0.15) is 0 Å². The molecule has 0 bridgehead atoms. The first-order valence-corrected chi connectivity index (χ1v) is 7.38. The summed E-state index contributed by atoms with van der Waals surface area (Å²) in [6, 6.07) is 10.3. The first-order valence-electron chi connectivity index (χ1n) is 7.38. The lowest BCUT2D eigenvalue weighted by atomic mass is 10.0. The molecule has 0 aromatic heterocycles. The highest BCUT2D eigenvalue weighted by Crippen LogP contribution is 2.18. The molecule has 1 fully saturated rings. The summed E-state index contributed by atoms with van der Waals surface area (Å²) in [4.78, 5) is 14.3. The summed E-state index contributed by atoms with van der Waals surface area (Å²) < 4.78 is 0. The molecule has 3 unspecified atom stereocenters. The summed E-state index contributed by atoms with van der Waals surface area (Å²) >= 11 is 0. The molecule has 1 aliphatic rings. The summed E-state index contributed by atoms with van der Waals surface area (Å²) in [6.45, 7) is 6.44. The van der Waals surface area contributed by atoms with Crippen molar-refractivity contribution in [2.24, 2.45) is 11.7 Å². The molecule has 1 amide bonds. The van der Waals surface area contributed by atoms with Crippen molar-refractivity contribution < 1.29 is 4.79 Å². The Balaban J connectivity index is 1.79. The van der Waals surface area contributed by atoms with Gasteiger partial charge in [0.2, 0.25) is 5.91 Å². The Morgan fingerprint density at radius 2 is 2.10 bits per heavy atom. The van der Waals surface area contributed by atoms with Gasteiger partial charge in [-0.3, -0.25) is 9.69 Å². The number of hydrogen-bond donors (Lipinski definition) is 2. The van der Waals surface area contributed by atoms with Gasteiger partial charge in [0.15, 0.2) is 0 Å². The predicted molar refractivity (Wildman–Crippen MR) is 81.2 cm³/mol. The monoisotopic (exact) mass is 275 g/mol. The molecule has 3 atom stereocenters. The fraction of sp³-hybridized carbons (Fsp3) is 0.562. The van der Waals surface area contributed by atoms with Gasteiger partial charge >= 0.3 is 0 Å². The highest BCUT2D eigenvalue weighted by atomic mass is 16.2. The second-order valence-corrected chi connectivity index (χ2v) is 5.84. The van der Waals surface area contributed by atoms with E-state index in [1.807, 2.05) is 44.2 Å². The second kappa shape index (κ2) is 6.86. The lowest BCUT2D eigenvalue weighted by Gasteiger charge is -2.19. The van der Waals surface area contributed by atoms with Crippen molar-refractivity contribution in [3.8, 4) is 0 Å². The topological polar surface area (TPSA) is 58.4 Å². The SMILES string of the molecule is CC(NC(=O)CN1CCC(C(C)N)C1)c1ccccc1. The molecule has 110 valence electrons. The van der Waals surface area contributed by atoms with Gasteiger partial charge in [-0.15, -0.1) is 0 Å². The first-order chi connectivity index (χ1) is 9.56. The van der Waals surface area contributed by atoms with Crippen LogP contribution in [0.3, 0.4) is 0 Å². The van der Waals surface area contributed by atoms with Crippen molar-refractivity contribution >= 4 is 5.91 Å². The van der Waals surface area contributed by atoms with Crippen molar-refractivity contribution in [3.05, 3.63) is 35.9 Å². The maximum atomic E-state index is 12.1. The Kier molecular flexibility index (Phi) is 5.15. The summed E-state index contributed by atoms with van der Waals surface area (Å²) in [6.07, 6.45) is 1.10. The van der Waals surface area contributed by atoms with E-state index >= 15 is 0 Å². The van der Waals surface area contributed by atoms with E-state index < -0.39 is 0 Å². The van der Waals surface area contributed by atoms with E-state index in [4.69, 9.17) is 5.73 Å². The third-order valence-electron chi connectivity index (χ3n) is 4.10. The molecule has 4 heteroatoms. The van der Waals surface area contributed by atoms with E-state index in [9.17, 15) is 4.79 Å². The van der Waals surface area contributed by atoms with E-state index in [0.29, 0.717) is 12.5 Å². The van der Waals surface area contributed by atoms with Crippen LogP contribution >= 0.6 is 0 Å². The van der Waals surface area contributed by atoms with Gasteiger partial charge in [0.25, 0.3) is 0 Å². The molecule has 4 nitrogen and oxygen atoms in total. The maximum absolute atomic E-state index is 12.1. The number of likely N-dealkylation sites (tertiary alicyclic amines) is 1. The lowest BCUT2D eigenvalue weighted by molar-refractivity contribution is -0.122. The van der Waals surface area contributed by atoms with Crippen molar-refractivity contribution in [1.82, 2.24) is 10.2 Å². The highest BCUT2D eigenvalue weighted by Gasteiger charge is 2.26. The van der Waals surface area contributed by atoms with Crippen LogP contribution in [0.1, 0.15) is 31.9 Å². The second-order valence-electron chi connectivity index (χ2n) is 5.84. The number of amides is 1. The first kappa shape index (κ1) is 15.0. The van der Waals surface area contributed by atoms with Gasteiger partial charge in [0.1, 0.15) is 0 Å². The fourth-order valence-electron chi connectivity index (χ4n) is 2.75. The van der Waals surface area contributed by atoms with Crippen LogP contribution in [0.15, 0.2) is 30.3 Å². The van der Waals surface area contributed by atoms with Crippen molar-refractivity contribution in [2.75, 3.05) is 19.6 Å². The minimum atomic E-state index is 0.0514. The summed E-state index contributed by atoms with van der Waals surface area (Å²) in [5.74, 6) is 0.612. The lowest BCUT2D eigenvalue weighted by Crippen LogP contribution is -2.38. The molecule has 20 heavy (non-hydrogen) atoms. The van der Waals surface area contributed by atoms with E-state index in [-0.39, 0.29) is 18.0 Å². The zero-order valence-electron chi connectivity index (χ0n) is 12.4. The number of nitrogens with zero attached hydrogens (tertiary/aromatic N) is 1. The molecule has 0 spiro atoms. The van der Waals surface area contributed by atoms with Crippen molar-refractivity contribution in [2.45, 2.75) is 32.4 Å². The Bertz CT molecular complexity index is 433. The zero-order chi connectivity index (χ0) is 14.5. The standard InChI is InChI=1S/C16H25N3O/c1-12(17)15-8-9-19(10-15)11-16(20)18-13(2)14-6-4-3-5-7-14/h3-7,12-13,15H,8-11,17H2,1-2H3,(H,18,20). The molecule has 1 aliphatic heterocycles. The van der Waals surface area contributed by atoms with E-state index in [0.717, 1.165) is 25.1 Å². The van der Waals surface area contributed by atoms with Crippen LogP contribution in [-0.4, -0.2) is 36.5 Å². The minimum Gasteiger partial charge on any atom is -0.348 e. The molecule has 0 saturated carbocycles. The van der Waals surface area contributed by atoms with Crippen LogP contribution in [0.25, 0.3) is 0 Å². The third-order valence-corrected chi connectivity index (χ3v) is 4.10. The molecule has 0 aliphatic carbocycles. The number of carbonyl (C=O) groups is 1. The van der Waals surface area contributed by atoms with Gasteiger partial charge in [-0.05, 0) is 38.3 Å². The summed E-state index contributed by atoms with van der Waals surface area (Å²) in [5, 5.41) is 3.06. The quantitative estimate of drug-likeness (QED) is 0.857. The zero-order valence-corrected chi connectivity index (χ0v) is 12.4. The van der Waals surface area contributed by atoms with E-state index in [2.05, 4.69) is 10.2 Å². The number of hydrogen-bond acceptors (Lipinski definition) is 3. The van der Waals surface area contributed by atoms with Gasteiger partial charge in [-0.25, -0.2) is 0 Å². The molecule has 0 radical (unpaired) electrons. The van der Waals surface area contributed by atoms with Crippen LogP contribution in [0, 0.1) is 5.92 Å². The average molecular weight is 275 g/mol.